The summed E-state index contributed by atoms with van der Waals surface area (Å²) in [6, 6.07) is 2.21. The highest BCUT2D eigenvalue weighted by atomic mass is 19.1. The average Bonchev–Trinajstić information content (AvgIpc) is 2.21. The number of hydrogen-bond donors (Lipinski definition) is 1. The molecular weight excluding hydrogens is 223 g/mol. The zero-order valence-electron chi connectivity index (χ0n) is 9.49. The number of carbonyl (C=O) groups is 1. The lowest BCUT2D eigenvalue weighted by molar-refractivity contribution is -0.122. The molecule has 1 fully saturated rings. The second-order valence-electron chi connectivity index (χ2n) is 4.41. The molecule has 0 unspecified atom stereocenters. The van der Waals surface area contributed by atoms with Crippen molar-refractivity contribution in [2.75, 3.05) is 6.54 Å². The van der Waals surface area contributed by atoms with Gasteiger partial charge >= 0.3 is 0 Å². The van der Waals surface area contributed by atoms with Crippen molar-refractivity contribution in [3.8, 4) is 0 Å². The largest absolute Gasteiger partial charge is 0.354 e. The van der Waals surface area contributed by atoms with Crippen LogP contribution in [0.5, 0.6) is 0 Å². The Bertz CT molecular complexity index is 466. The van der Waals surface area contributed by atoms with Gasteiger partial charge in [-0.15, -0.1) is 0 Å². The van der Waals surface area contributed by atoms with Crippen LogP contribution in [0.2, 0.25) is 0 Å². The normalized spacial score (nSPS) is 15.4. The van der Waals surface area contributed by atoms with E-state index in [0.29, 0.717) is 12.5 Å². The molecule has 0 aliphatic heterocycles. The van der Waals surface area contributed by atoms with Crippen molar-refractivity contribution in [3.05, 3.63) is 34.5 Å². The van der Waals surface area contributed by atoms with Crippen molar-refractivity contribution >= 4 is 5.91 Å². The Kier molecular flexibility index (Phi) is 3.56. The van der Waals surface area contributed by atoms with E-state index < -0.39 is 5.82 Å². The van der Waals surface area contributed by atoms with E-state index in [1.54, 1.807) is 0 Å². The first-order valence-corrected chi connectivity index (χ1v) is 5.78. The van der Waals surface area contributed by atoms with Crippen molar-refractivity contribution in [1.29, 1.82) is 0 Å². The minimum atomic E-state index is -0.517. The quantitative estimate of drug-likeness (QED) is 0.847. The van der Waals surface area contributed by atoms with Crippen LogP contribution in [0.4, 0.5) is 4.39 Å². The monoisotopic (exact) mass is 238 g/mol. The standard InChI is InChI=1S/C12H15FN2O2/c13-10-4-5-12(17)15(7-10)8-11(16)14-6-9-2-1-3-9/h4-5,7,9H,1-3,6,8H2,(H,14,16). The van der Waals surface area contributed by atoms with Crippen molar-refractivity contribution in [2.24, 2.45) is 5.92 Å². The van der Waals surface area contributed by atoms with Gasteiger partial charge < -0.3 is 9.88 Å². The van der Waals surface area contributed by atoms with Crippen molar-refractivity contribution in [1.82, 2.24) is 9.88 Å². The third kappa shape index (κ3) is 3.15. The molecule has 2 rings (SSSR count). The molecule has 1 amide bonds. The van der Waals surface area contributed by atoms with Crippen LogP contribution < -0.4 is 10.9 Å². The van der Waals surface area contributed by atoms with Gasteiger partial charge in [0.2, 0.25) is 5.91 Å². The highest BCUT2D eigenvalue weighted by molar-refractivity contribution is 5.75. The van der Waals surface area contributed by atoms with E-state index in [-0.39, 0.29) is 18.0 Å². The number of aromatic nitrogens is 1. The summed E-state index contributed by atoms with van der Waals surface area (Å²) in [5, 5.41) is 2.76. The van der Waals surface area contributed by atoms with E-state index in [1.165, 1.54) is 6.42 Å². The number of amides is 1. The number of nitrogens with one attached hydrogen (secondary N) is 1. The summed E-state index contributed by atoms with van der Waals surface area (Å²) in [6.07, 6.45) is 4.58. The molecule has 1 aliphatic rings. The molecule has 4 nitrogen and oxygen atoms in total. The Morgan fingerprint density at radius 1 is 1.47 bits per heavy atom. The zero-order chi connectivity index (χ0) is 12.3. The minimum Gasteiger partial charge on any atom is -0.354 e. The number of hydrogen-bond acceptors (Lipinski definition) is 2. The Hall–Kier alpha value is -1.65. The molecule has 0 atom stereocenters. The summed E-state index contributed by atoms with van der Waals surface area (Å²) in [4.78, 5) is 22.9. The van der Waals surface area contributed by atoms with Gasteiger partial charge in [-0.05, 0) is 24.8 Å². The second-order valence-corrected chi connectivity index (χ2v) is 4.41. The van der Waals surface area contributed by atoms with Gasteiger partial charge in [-0.25, -0.2) is 4.39 Å². The van der Waals surface area contributed by atoms with Gasteiger partial charge in [0, 0.05) is 18.8 Å². The predicted octanol–water partition coefficient (Wildman–Crippen LogP) is 0.904. The Labute approximate surface area is 98.4 Å². The number of halogens is 1. The first kappa shape index (κ1) is 11.8. The molecule has 17 heavy (non-hydrogen) atoms. The molecule has 1 aliphatic carbocycles. The van der Waals surface area contributed by atoms with Crippen LogP contribution in [0.25, 0.3) is 0 Å². The maximum Gasteiger partial charge on any atom is 0.251 e. The molecule has 0 saturated heterocycles. The van der Waals surface area contributed by atoms with Crippen LogP contribution >= 0.6 is 0 Å². The van der Waals surface area contributed by atoms with Crippen LogP contribution in [-0.2, 0) is 11.3 Å². The smallest absolute Gasteiger partial charge is 0.251 e. The second kappa shape index (κ2) is 5.12. The van der Waals surface area contributed by atoms with Crippen molar-refractivity contribution in [2.45, 2.75) is 25.8 Å². The summed E-state index contributed by atoms with van der Waals surface area (Å²) < 4.78 is 14.0. The highest BCUT2D eigenvalue weighted by Gasteiger charge is 2.17. The number of nitrogens with zero attached hydrogens (tertiary/aromatic N) is 1. The third-order valence-corrected chi connectivity index (χ3v) is 3.07. The van der Waals surface area contributed by atoms with Gasteiger partial charge in [0.15, 0.2) is 0 Å². The van der Waals surface area contributed by atoms with Crippen LogP contribution in [0.3, 0.4) is 0 Å². The van der Waals surface area contributed by atoms with Gasteiger partial charge in [0.1, 0.15) is 12.4 Å². The van der Waals surface area contributed by atoms with Gasteiger partial charge in [-0.2, -0.15) is 0 Å². The van der Waals surface area contributed by atoms with Crippen LogP contribution in [0.1, 0.15) is 19.3 Å². The van der Waals surface area contributed by atoms with Gasteiger partial charge in [0.05, 0.1) is 0 Å². The molecule has 0 aromatic carbocycles. The van der Waals surface area contributed by atoms with E-state index in [4.69, 9.17) is 0 Å². The SMILES string of the molecule is O=C(Cn1cc(F)ccc1=O)NCC1CCC1. The fourth-order valence-electron chi connectivity index (χ4n) is 1.79. The molecule has 1 N–H and O–H groups in total. The maximum absolute atomic E-state index is 12.9. The molecule has 0 bridgehead atoms. The molecule has 92 valence electrons. The summed E-state index contributed by atoms with van der Waals surface area (Å²) >= 11 is 0. The first-order chi connectivity index (χ1) is 8.15. The average molecular weight is 238 g/mol. The Balaban J connectivity index is 1.88. The van der Waals surface area contributed by atoms with Gasteiger partial charge in [-0.3, -0.25) is 9.59 Å². The number of carbonyl (C=O) groups excluding carboxylic acids is 1. The fourth-order valence-corrected chi connectivity index (χ4v) is 1.79. The molecular formula is C12H15FN2O2. The third-order valence-electron chi connectivity index (χ3n) is 3.07. The molecule has 0 radical (unpaired) electrons. The number of pyridine rings is 1. The van der Waals surface area contributed by atoms with E-state index in [0.717, 1.165) is 35.7 Å². The minimum absolute atomic E-state index is 0.122. The molecule has 1 aromatic heterocycles. The van der Waals surface area contributed by atoms with Crippen LogP contribution in [-0.4, -0.2) is 17.0 Å². The van der Waals surface area contributed by atoms with E-state index in [9.17, 15) is 14.0 Å². The maximum atomic E-state index is 12.9. The van der Waals surface area contributed by atoms with Crippen LogP contribution in [0.15, 0.2) is 23.1 Å². The Morgan fingerprint density at radius 2 is 2.24 bits per heavy atom. The summed E-state index contributed by atoms with van der Waals surface area (Å²) in [7, 11) is 0. The van der Waals surface area contributed by atoms with E-state index >= 15 is 0 Å². The van der Waals surface area contributed by atoms with E-state index in [2.05, 4.69) is 5.32 Å². The summed E-state index contributed by atoms with van der Waals surface area (Å²) in [6.45, 7) is 0.534. The van der Waals surface area contributed by atoms with Crippen molar-refractivity contribution < 1.29 is 9.18 Å². The van der Waals surface area contributed by atoms with Crippen molar-refractivity contribution in [3.63, 3.8) is 0 Å². The summed E-state index contributed by atoms with van der Waals surface area (Å²) in [5.74, 6) is -0.191. The van der Waals surface area contributed by atoms with Gasteiger partial charge in [0.25, 0.3) is 5.56 Å². The van der Waals surface area contributed by atoms with E-state index in [1.807, 2.05) is 0 Å². The molecule has 5 heteroatoms. The van der Waals surface area contributed by atoms with Crippen LogP contribution in [0, 0.1) is 11.7 Å². The molecule has 1 aromatic rings. The molecule has 1 saturated carbocycles. The summed E-state index contributed by atoms with van der Waals surface area (Å²) in [5.41, 5.74) is -0.370. The topological polar surface area (TPSA) is 51.1 Å². The Morgan fingerprint density at radius 3 is 2.88 bits per heavy atom. The number of rotatable bonds is 4. The lowest BCUT2D eigenvalue weighted by Crippen LogP contribution is -2.36. The predicted molar refractivity (Wildman–Crippen MR) is 61.0 cm³/mol. The highest BCUT2D eigenvalue weighted by Crippen LogP contribution is 2.24. The lowest BCUT2D eigenvalue weighted by Gasteiger charge is -2.25. The fraction of sp³-hybridized carbons (Fsp3) is 0.500. The van der Waals surface area contributed by atoms with Gasteiger partial charge in [-0.1, -0.05) is 6.42 Å². The molecule has 0 spiro atoms. The molecule has 1 heterocycles. The zero-order valence-corrected chi connectivity index (χ0v) is 9.49. The first-order valence-electron chi connectivity index (χ1n) is 5.78. The lowest BCUT2D eigenvalue weighted by atomic mass is 9.85.